The first kappa shape index (κ1) is 14.1. The summed E-state index contributed by atoms with van der Waals surface area (Å²) in [5.41, 5.74) is 2.56. The topological polar surface area (TPSA) is 41.1 Å². The number of benzene rings is 1. The standard InChI is InChI=1S/C16H24N2O/c1-11-5-4-6-14(7-11)12(2)8-18-16(19)13(3)15-9-17-10-15/h4-7,12-13,15,17H,8-10H2,1-3H3,(H,18,19). The molecule has 0 aliphatic carbocycles. The number of carbonyl (C=O) groups is 1. The third-order valence-corrected chi connectivity index (χ3v) is 4.13. The summed E-state index contributed by atoms with van der Waals surface area (Å²) in [6.07, 6.45) is 0. The summed E-state index contributed by atoms with van der Waals surface area (Å²) in [6.45, 7) is 8.94. The Bertz CT molecular complexity index is 440. The second-order valence-corrected chi connectivity index (χ2v) is 5.77. The molecule has 1 amide bonds. The van der Waals surface area contributed by atoms with Crippen LogP contribution in [0.5, 0.6) is 0 Å². The Morgan fingerprint density at radius 2 is 2.16 bits per heavy atom. The maximum atomic E-state index is 12.0. The van der Waals surface area contributed by atoms with Crippen molar-refractivity contribution in [2.24, 2.45) is 11.8 Å². The minimum atomic E-state index is 0.117. The highest BCUT2D eigenvalue weighted by Crippen LogP contribution is 2.18. The van der Waals surface area contributed by atoms with Crippen LogP contribution >= 0.6 is 0 Å². The lowest BCUT2D eigenvalue weighted by Crippen LogP contribution is -2.49. The van der Waals surface area contributed by atoms with E-state index in [4.69, 9.17) is 0 Å². The van der Waals surface area contributed by atoms with Crippen LogP contribution in [0.25, 0.3) is 0 Å². The molecule has 104 valence electrons. The van der Waals surface area contributed by atoms with Gasteiger partial charge in [-0.3, -0.25) is 4.79 Å². The zero-order valence-corrected chi connectivity index (χ0v) is 12.1. The highest BCUT2D eigenvalue weighted by molar-refractivity contribution is 5.78. The van der Waals surface area contributed by atoms with E-state index in [1.165, 1.54) is 11.1 Å². The maximum Gasteiger partial charge on any atom is 0.223 e. The van der Waals surface area contributed by atoms with Crippen molar-refractivity contribution in [2.45, 2.75) is 26.7 Å². The van der Waals surface area contributed by atoms with Gasteiger partial charge in [-0.15, -0.1) is 0 Å². The average Bonchev–Trinajstić information content (AvgIpc) is 2.33. The predicted octanol–water partition coefficient (Wildman–Crippen LogP) is 2.07. The van der Waals surface area contributed by atoms with Gasteiger partial charge in [-0.25, -0.2) is 0 Å². The highest BCUT2D eigenvalue weighted by atomic mass is 16.1. The molecule has 19 heavy (non-hydrogen) atoms. The monoisotopic (exact) mass is 260 g/mol. The van der Waals surface area contributed by atoms with Crippen molar-refractivity contribution < 1.29 is 4.79 Å². The van der Waals surface area contributed by atoms with Crippen molar-refractivity contribution in [1.29, 1.82) is 0 Å². The highest BCUT2D eigenvalue weighted by Gasteiger charge is 2.28. The maximum absolute atomic E-state index is 12.0. The summed E-state index contributed by atoms with van der Waals surface area (Å²) in [4.78, 5) is 12.0. The van der Waals surface area contributed by atoms with E-state index in [0.717, 1.165) is 13.1 Å². The lowest BCUT2D eigenvalue weighted by atomic mass is 9.88. The number of amides is 1. The molecule has 3 nitrogen and oxygen atoms in total. The van der Waals surface area contributed by atoms with Gasteiger partial charge < -0.3 is 10.6 Å². The molecule has 0 saturated carbocycles. The largest absolute Gasteiger partial charge is 0.355 e. The molecule has 2 unspecified atom stereocenters. The fourth-order valence-electron chi connectivity index (χ4n) is 2.39. The van der Waals surface area contributed by atoms with E-state index in [-0.39, 0.29) is 11.8 Å². The first-order valence-electron chi connectivity index (χ1n) is 7.13. The number of hydrogen-bond acceptors (Lipinski definition) is 2. The lowest BCUT2D eigenvalue weighted by molar-refractivity contribution is -0.126. The van der Waals surface area contributed by atoms with Gasteiger partial charge in [-0.1, -0.05) is 43.7 Å². The van der Waals surface area contributed by atoms with E-state index in [2.05, 4.69) is 48.7 Å². The molecule has 2 rings (SSSR count). The Hall–Kier alpha value is -1.35. The first-order valence-corrected chi connectivity index (χ1v) is 7.13. The quantitative estimate of drug-likeness (QED) is 0.851. The molecule has 2 atom stereocenters. The lowest BCUT2D eigenvalue weighted by Gasteiger charge is -2.32. The molecule has 1 saturated heterocycles. The molecule has 3 heteroatoms. The summed E-state index contributed by atoms with van der Waals surface area (Å²) in [5.74, 6) is 1.17. The third kappa shape index (κ3) is 3.57. The molecule has 0 radical (unpaired) electrons. The van der Waals surface area contributed by atoms with Gasteiger partial charge in [0.25, 0.3) is 0 Å². The van der Waals surface area contributed by atoms with Crippen molar-refractivity contribution in [3.63, 3.8) is 0 Å². The Labute approximate surface area is 115 Å². The smallest absolute Gasteiger partial charge is 0.223 e. The van der Waals surface area contributed by atoms with E-state index in [0.29, 0.717) is 18.4 Å². The van der Waals surface area contributed by atoms with Crippen LogP contribution in [0.4, 0.5) is 0 Å². The molecule has 1 heterocycles. The Morgan fingerprint density at radius 1 is 1.42 bits per heavy atom. The van der Waals surface area contributed by atoms with Crippen molar-refractivity contribution in [3.8, 4) is 0 Å². The van der Waals surface area contributed by atoms with Crippen LogP contribution in [0.1, 0.15) is 30.9 Å². The molecule has 1 aliphatic heterocycles. The molecule has 2 N–H and O–H groups in total. The molecule has 1 aliphatic rings. The van der Waals surface area contributed by atoms with Crippen molar-refractivity contribution in [1.82, 2.24) is 10.6 Å². The van der Waals surface area contributed by atoms with Gasteiger partial charge in [-0.2, -0.15) is 0 Å². The zero-order chi connectivity index (χ0) is 13.8. The van der Waals surface area contributed by atoms with Crippen LogP contribution in [0.3, 0.4) is 0 Å². The number of aryl methyl sites for hydroxylation is 1. The van der Waals surface area contributed by atoms with Crippen molar-refractivity contribution >= 4 is 5.91 Å². The Kier molecular flexibility index (Phi) is 4.59. The second kappa shape index (κ2) is 6.20. The third-order valence-electron chi connectivity index (χ3n) is 4.13. The van der Waals surface area contributed by atoms with Gasteiger partial charge in [0, 0.05) is 12.5 Å². The van der Waals surface area contributed by atoms with Gasteiger partial charge in [0.05, 0.1) is 0 Å². The van der Waals surface area contributed by atoms with E-state index in [9.17, 15) is 4.79 Å². The first-order chi connectivity index (χ1) is 9.08. The zero-order valence-electron chi connectivity index (χ0n) is 12.1. The van der Waals surface area contributed by atoms with Crippen LogP contribution in [-0.4, -0.2) is 25.5 Å². The number of nitrogens with one attached hydrogen (secondary N) is 2. The Morgan fingerprint density at radius 3 is 2.74 bits per heavy atom. The molecule has 1 aromatic carbocycles. The summed E-state index contributed by atoms with van der Waals surface area (Å²) < 4.78 is 0. The Balaban J connectivity index is 1.82. The predicted molar refractivity (Wildman–Crippen MR) is 78.1 cm³/mol. The fourth-order valence-corrected chi connectivity index (χ4v) is 2.39. The van der Waals surface area contributed by atoms with Crippen molar-refractivity contribution in [2.75, 3.05) is 19.6 Å². The summed E-state index contributed by atoms with van der Waals surface area (Å²) in [5, 5.41) is 6.30. The minimum absolute atomic E-state index is 0.117. The SMILES string of the molecule is Cc1cccc(C(C)CNC(=O)C(C)C2CNC2)c1. The summed E-state index contributed by atoms with van der Waals surface area (Å²) >= 11 is 0. The van der Waals surface area contributed by atoms with Gasteiger partial charge in [-0.05, 0) is 37.4 Å². The normalized spacial score (nSPS) is 18.5. The van der Waals surface area contributed by atoms with E-state index >= 15 is 0 Å². The van der Waals surface area contributed by atoms with Gasteiger partial charge in [0.2, 0.25) is 5.91 Å². The molecule has 1 aromatic rings. The molecule has 1 fully saturated rings. The number of rotatable bonds is 5. The van der Waals surface area contributed by atoms with E-state index in [1.54, 1.807) is 0 Å². The fraction of sp³-hybridized carbons (Fsp3) is 0.562. The van der Waals surface area contributed by atoms with Crippen LogP contribution in [0.2, 0.25) is 0 Å². The van der Waals surface area contributed by atoms with Gasteiger partial charge in [0.15, 0.2) is 0 Å². The summed E-state index contributed by atoms with van der Waals surface area (Å²) in [6, 6.07) is 8.49. The van der Waals surface area contributed by atoms with Crippen LogP contribution in [0.15, 0.2) is 24.3 Å². The van der Waals surface area contributed by atoms with E-state index in [1.807, 2.05) is 6.92 Å². The van der Waals surface area contributed by atoms with Crippen molar-refractivity contribution in [3.05, 3.63) is 35.4 Å². The van der Waals surface area contributed by atoms with E-state index < -0.39 is 0 Å². The molecule has 0 spiro atoms. The van der Waals surface area contributed by atoms with Gasteiger partial charge >= 0.3 is 0 Å². The number of hydrogen-bond donors (Lipinski definition) is 2. The summed E-state index contributed by atoms with van der Waals surface area (Å²) in [7, 11) is 0. The molecule has 0 bridgehead atoms. The molecule has 0 aromatic heterocycles. The average molecular weight is 260 g/mol. The molecular formula is C16H24N2O. The van der Waals surface area contributed by atoms with Crippen LogP contribution in [0, 0.1) is 18.8 Å². The number of carbonyl (C=O) groups excluding carboxylic acids is 1. The molecular weight excluding hydrogens is 236 g/mol. The second-order valence-electron chi connectivity index (χ2n) is 5.77. The van der Waals surface area contributed by atoms with Gasteiger partial charge in [0.1, 0.15) is 0 Å². The minimum Gasteiger partial charge on any atom is -0.355 e. The van der Waals surface area contributed by atoms with Crippen LogP contribution < -0.4 is 10.6 Å². The van der Waals surface area contributed by atoms with Crippen LogP contribution in [-0.2, 0) is 4.79 Å².